The fourth-order valence-electron chi connectivity index (χ4n) is 2.32. The average Bonchev–Trinajstić information content (AvgIpc) is 2.70. The zero-order valence-electron chi connectivity index (χ0n) is 9.80. The topological polar surface area (TPSA) is 43.1 Å². The van der Waals surface area contributed by atoms with Gasteiger partial charge in [-0.05, 0) is 36.3 Å². The number of fused-ring (bicyclic) bond motifs is 1. The van der Waals surface area contributed by atoms with E-state index in [1.807, 2.05) is 6.08 Å². The standard InChI is InChI=1S/C15H17NO/c16-15(17)9-3-1-2-6-12-10-13-7-4-5-8-14(13)11-12/h1-5,7-9,12H,6,10-11H2,(H2,16,17). The number of hydrogen-bond acceptors (Lipinski definition) is 1. The maximum atomic E-state index is 10.5. The van der Waals surface area contributed by atoms with Gasteiger partial charge in [-0.1, -0.05) is 42.5 Å². The van der Waals surface area contributed by atoms with Gasteiger partial charge in [0, 0.05) is 6.08 Å². The Bertz CT molecular complexity index is 435. The summed E-state index contributed by atoms with van der Waals surface area (Å²) in [6.07, 6.45) is 10.5. The number of nitrogens with two attached hydrogens (primary N) is 1. The maximum absolute atomic E-state index is 10.5. The first kappa shape index (κ1) is 11.6. The second-order valence-electron chi connectivity index (χ2n) is 4.47. The number of rotatable bonds is 4. The Balaban J connectivity index is 1.82. The summed E-state index contributed by atoms with van der Waals surface area (Å²) in [7, 11) is 0. The van der Waals surface area contributed by atoms with E-state index in [0.29, 0.717) is 5.92 Å². The van der Waals surface area contributed by atoms with Crippen molar-refractivity contribution in [3.63, 3.8) is 0 Å². The monoisotopic (exact) mass is 227 g/mol. The Morgan fingerprint density at radius 1 is 1.24 bits per heavy atom. The van der Waals surface area contributed by atoms with Gasteiger partial charge in [-0.2, -0.15) is 0 Å². The molecule has 88 valence electrons. The van der Waals surface area contributed by atoms with E-state index >= 15 is 0 Å². The normalized spacial score (nSPS) is 15.8. The first-order valence-corrected chi connectivity index (χ1v) is 5.95. The van der Waals surface area contributed by atoms with E-state index in [4.69, 9.17) is 5.73 Å². The van der Waals surface area contributed by atoms with Crippen LogP contribution in [-0.2, 0) is 17.6 Å². The van der Waals surface area contributed by atoms with E-state index < -0.39 is 5.91 Å². The highest BCUT2D eigenvalue weighted by atomic mass is 16.1. The lowest BCUT2D eigenvalue weighted by Crippen LogP contribution is -2.04. The van der Waals surface area contributed by atoms with Gasteiger partial charge in [0.15, 0.2) is 0 Å². The van der Waals surface area contributed by atoms with Crippen molar-refractivity contribution in [2.45, 2.75) is 19.3 Å². The SMILES string of the molecule is NC(=O)C=CC=CCC1Cc2ccccc2C1. The molecule has 0 aromatic heterocycles. The van der Waals surface area contributed by atoms with Crippen molar-refractivity contribution in [3.8, 4) is 0 Å². The van der Waals surface area contributed by atoms with Crippen molar-refractivity contribution < 1.29 is 4.79 Å². The van der Waals surface area contributed by atoms with Gasteiger partial charge < -0.3 is 5.73 Å². The molecule has 0 aliphatic heterocycles. The highest BCUT2D eigenvalue weighted by molar-refractivity contribution is 5.85. The zero-order valence-corrected chi connectivity index (χ0v) is 9.80. The number of allylic oxidation sites excluding steroid dienone is 3. The highest BCUT2D eigenvalue weighted by Gasteiger charge is 2.19. The van der Waals surface area contributed by atoms with E-state index in [-0.39, 0.29) is 0 Å². The summed E-state index contributed by atoms with van der Waals surface area (Å²) in [4.78, 5) is 10.5. The maximum Gasteiger partial charge on any atom is 0.241 e. The van der Waals surface area contributed by atoms with Crippen LogP contribution in [0.25, 0.3) is 0 Å². The van der Waals surface area contributed by atoms with Crippen molar-refractivity contribution in [2.24, 2.45) is 11.7 Å². The average molecular weight is 227 g/mol. The summed E-state index contributed by atoms with van der Waals surface area (Å²) in [5.41, 5.74) is 7.96. The molecule has 1 amide bonds. The molecule has 0 heterocycles. The fraction of sp³-hybridized carbons (Fsp3) is 0.267. The van der Waals surface area contributed by atoms with Crippen LogP contribution in [0.4, 0.5) is 0 Å². The van der Waals surface area contributed by atoms with Gasteiger partial charge in [0.05, 0.1) is 0 Å². The summed E-state index contributed by atoms with van der Waals surface area (Å²) >= 11 is 0. The second-order valence-corrected chi connectivity index (χ2v) is 4.47. The van der Waals surface area contributed by atoms with E-state index in [9.17, 15) is 4.79 Å². The minimum absolute atomic E-state index is 0.400. The predicted octanol–water partition coefficient (Wildman–Crippen LogP) is 2.39. The summed E-state index contributed by atoms with van der Waals surface area (Å²) < 4.78 is 0. The molecule has 2 N–H and O–H groups in total. The lowest BCUT2D eigenvalue weighted by Gasteiger charge is -2.03. The third-order valence-electron chi connectivity index (χ3n) is 3.11. The Kier molecular flexibility index (Phi) is 3.76. The van der Waals surface area contributed by atoms with Crippen LogP contribution in [0.3, 0.4) is 0 Å². The fourth-order valence-corrected chi connectivity index (χ4v) is 2.32. The van der Waals surface area contributed by atoms with Crippen LogP contribution >= 0.6 is 0 Å². The molecule has 1 aliphatic carbocycles. The van der Waals surface area contributed by atoms with Gasteiger partial charge in [0.25, 0.3) is 0 Å². The highest BCUT2D eigenvalue weighted by Crippen LogP contribution is 2.28. The Morgan fingerprint density at radius 3 is 2.47 bits per heavy atom. The third kappa shape index (κ3) is 3.31. The van der Waals surface area contributed by atoms with Crippen molar-refractivity contribution in [1.29, 1.82) is 0 Å². The molecule has 1 aromatic rings. The zero-order chi connectivity index (χ0) is 12.1. The first-order valence-electron chi connectivity index (χ1n) is 5.95. The van der Waals surface area contributed by atoms with Crippen LogP contribution < -0.4 is 5.73 Å². The molecule has 2 heteroatoms. The molecule has 1 aliphatic rings. The minimum Gasteiger partial charge on any atom is -0.366 e. The third-order valence-corrected chi connectivity index (χ3v) is 3.11. The Hall–Kier alpha value is -1.83. The van der Waals surface area contributed by atoms with Crippen molar-refractivity contribution in [2.75, 3.05) is 0 Å². The smallest absolute Gasteiger partial charge is 0.241 e. The second kappa shape index (κ2) is 5.48. The van der Waals surface area contributed by atoms with E-state index in [1.165, 1.54) is 30.0 Å². The van der Waals surface area contributed by atoms with Crippen LogP contribution in [0.1, 0.15) is 17.5 Å². The molecule has 17 heavy (non-hydrogen) atoms. The molecule has 0 saturated heterocycles. The molecule has 0 saturated carbocycles. The lowest BCUT2D eigenvalue weighted by molar-refractivity contribution is -0.113. The Labute approximate surface area is 102 Å². The van der Waals surface area contributed by atoms with Gasteiger partial charge in [0.1, 0.15) is 0 Å². The Morgan fingerprint density at radius 2 is 1.88 bits per heavy atom. The van der Waals surface area contributed by atoms with E-state index in [1.54, 1.807) is 6.08 Å². The number of carbonyl (C=O) groups is 1. The van der Waals surface area contributed by atoms with Crippen LogP contribution in [0, 0.1) is 5.92 Å². The summed E-state index contributed by atoms with van der Waals surface area (Å²) in [5, 5.41) is 0. The molecule has 2 rings (SSSR count). The van der Waals surface area contributed by atoms with Crippen LogP contribution in [0.2, 0.25) is 0 Å². The quantitative estimate of drug-likeness (QED) is 0.623. The van der Waals surface area contributed by atoms with Crippen molar-refractivity contribution in [1.82, 2.24) is 0 Å². The molecule has 0 atom stereocenters. The molecular formula is C15H17NO. The van der Waals surface area contributed by atoms with Gasteiger partial charge in [-0.3, -0.25) is 4.79 Å². The van der Waals surface area contributed by atoms with Crippen molar-refractivity contribution >= 4 is 5.91 Å². The van der Waals surface area contributed by atoms with Gasteiger partial charge in [0.2, 0.25) is 5.91 Å². The summed E-state index contributed by atoms with van der Waals surface area (Å²) in [5.74, 6) is 0.300. The first-order chi connectivity index (χ1) is 8.25. The lowest BCUT2D eigenvalue weighted by atomic mass is 10.0. The van der Waals surface area contributed by atoms with Gasteiger partial charge in [-0.25, -0.2) is 0 Å². The van der Waals surface area contributed by atoms with Crippen molar-refractivity contribution in [3.05, 3.63) is 59.7 Å². The summed E-state index contributed by atoms with van der Waals surface area (Å²) in [6, 6.07) is 8.64. The van der Waals surface area contributed by atoms with Gasteiger partial charge >= 0.3 is 0 Å². The molecule has 0 bridgehead atoms. The van der Waals surface area contributed by atoms with E-state index in [2.05, 4.69) is 30.3 Å². The largest absolute Gasteiger partial charge is 0.366 e. The number of benzene rings is 1. The molecule has 0 radical (unpaired) electrons. The van der Waals surface area contributed by atoms with Crippen LogP contribution in [0.5, 0.6) is 0 Å². The molecular weight excluding hydrogens is 210 g/mol. The molecule has 2 nitrogen and oxygen atoms in total. The molecule has 0 unspecified atom stereocenters. The number of hydrogen-bond donors (Lipinski definition) is 1. The van der Waals surface area contributed by atoms with Crippen LogP contribution in [-0.4, -0.2) is 5.91 Å². The number of primary amides is 1. The molecule has 0 spiro atoms. The predicted molar refractivity (Wildman–Crippen MR) is 69.4 cm³/mol. The minimum atomic E-state index is -0.400. The van der Waals surface area contributed by atoms with Gasteiger partial charge in [-0.15, -0.1) is 0 Å². The molecule has 1 aromatic carbocycles. The molecule has 0 fully saturated rings. The number of carbonyl (C=O) groups excluding carboxylic acids is 1. The number of amides is 1. The van der Waals surface area contributed by atoms with E-state index in [0.717, 1.165) is 6.42 Å². The van der Waals surface area contributed by atoms with Crippen LogP contribution in [0.15, 0.2) is 48.6 Å². The summed E-state index contributed by atoms with van der Waals surface area (Å²) in [6.45, 7) is 0.